The maximum atomic E-state index is 10.6. The molecule has 2 atom stereocenters. The molecule has 2 unspecified atom stereocenters. The summed E-state index contributed by atoms with van der Waals surface area (Å²) in [4.78, 5) is 10.6. The molecule has 0 spiro atoms. The van der Waals surface area contributed by atoms with Gasteiger partial charge < -0.3 is 15.8 Å². The third-order valence-electron chi connectivity index (χ3n) is 3.45. The van der Waals surface area contributed by atoms with Crippen molar-refractivity contribution < 1.29 is 9.53 Å². The van der Waals surface area contributed by atoms with Gasteiger partial charge in [-0.25, -0.2) is 0 Å². The molecule has 1 aliphatic carbocycles. The van der Waals surface area contributed by atoms with Gasteiger partial charge in [0.15, 0.2) is 6.61 Å². The smallest absolute Gasteiger partial charge is 0.255 e. The van der Waals surface area contributed by atoms with Gasteiger partial charge in [0.05, 0.1) is 0 Å². The Morgan fingerprint density at radius 1 is 1.42 bits per heavy atom. The largest absolute Gasteiger partial charge is 0.484 e. The van der Waals surface area contributed by atoms with Crippen LogP contribution in [0.4, 0.5) is 0 Å². The van der Waals surface area contributed by atoms with Crippen LogP contribution < -0.4 is 15.8 Å². The molecular weight excluding hydrogens is 240 g/mol. The number of benzene rings is 1. The summed E-state index contributed by atoms with van der Waals surface area (Å²) in [7, 11) is 0. The molecule has 0 saturated heterocycles. The highest BCUT2D eigenvalue weighted by molar-refractivity contribution is 5.75. The van der Waals surface area contributed by atoms with Crippen LogP contribution in [0.1, 0.15) is 31.7 Å². The van der Waals surface area contributed by atoms with Crippen LogP contribution in [0.25, 0.3) is 0 Å². The number of nitrogens with two attached hydrogens (primary N) is 1. The van der Waals surface area contributed by atoms with Crippen LogP contribution in [0.3, 0.4) is 0 Å². The lowest BCUT2D eigenvalue weighted by molar-refractivity contribution is -0.119. The fourth-order valence-corrected chi connectivity index (χ4v) is 2.29. The number of primary amides is 1. The van der Waals surface area contributed by atoms with Crippen molar-refractivity contribution in [3.05, 3.63) is 29.8 Å². The van der Waals surface area contributed by atoms with Crippen molar-refractivity contribution in [3.8, 4) is 5.75 Å². The Bertz CT molecular complexity index is 417. The third-order valence-corrected chi connectivity index (χ3v) is 3.45. The van der Waals surface area contributed by atoms with Gasteiger partial charge in [-0.15, -0.1) is 0 Å². The molecule has 0 aliphatic heterocycles. The Labute approximate surface area is 114 Å². The minimum absolute atomic E-state index is 0.0711. The number of hydrogen-bond donors (Lipinski definition) is 2. The number of rotatable bonds is 8. The summed E-state index contributed by atoms with van der Waals surface area (Å²) < 4.78 is 5.21. The van der Waals surface area contributed by atoms with Crippen molar-refractivity contribution in [3.63, 3.8) is 0 Å². The van der Waals surface area contributed by atoms with Gasteiger partial charge in [-0.05, 0) is 36.5 Å². The molecule has 0 bridgehead atoms. The first-order valence-corrected chi connectivity index (χ1v) is 6.92. The lowest BCUT2D eigenvalue weighted by atomic mass is 10.2. The number of carbonyl (C=O) groups is 1. The van der Waals surface area contributed by atoms with E-state index in [-0.39, 0.29) is 6.61 Å². The molecule has 2 rings (SSSR count). The van der Waals surface area contributed by atoms with Crippen LogP contribution in [0, 0.1) is 5.92 Å². The summed E-state index contributed by atoms with van der Waals surface area (Å²) in [5.74, 6) is 1.10. The second-order valence-corrected chi connectivity index (χ2v) is 5.17. The molecule has 4 heteroatoms. The first kappa shape index (κ1) is 13.9. The molecule has 1 aromatic rings. The SMILES string of the molecule is CCCC1CC1NCc1ccc(OCC(N)=O)cc1. The molecule has 3 N–H and O–H groups in total. The minimum atomic E-state index is -0.457. The maximum absolute atomic E-state index is 10.6. The molecule has 1 amide bonds. The van der Waals surface area contributed by atoms with Gasteiger partial charge in [0.1, 0.15) is 5.75 Å². The molecular formula is C15H22N2O2. The second-order valence-electron chi connectivity index (χ2n) is 5.17. The van der Waals surface area contributed by atoms with E-state index >= 15 is 0 Å². The highest BCUT2D eigenvalue weighted by Gasteiger charge is 2.35. The Balaban J connectivity index is 1.71. The van der Waals surface area contributed by atoms with Crippen molar-refractivity contribution in [2.45, 2.75) is 38.8 Å². The van der Waals surface area contributed by atoms with Gasteiger partial charge in [-0.1, -0.05) is 25.5 Å². The fraction of sp³-hybridized carbons (Fsp3) is 0.533. The highest BCUT2D eigenvalue weighted by atomic mass is 16.5. The van der Waals surface area contributed by atoms with Gasteiger partial charge in [0.25, 0.3) is 5.91 Å². The van der Waals surface area contributed by atoms with E-state index in [1.54, 1.807) is 0 Å². The molecule has 0 aromatic heterocycles. The Kier molecular flexibility index (Phi) is 4.80. The topological polar surface area (TPSA) is 64.3 Å². The first-order chi connectivity index (χ1) is 9.19. The van der Waals surface area contributed by atoms with Gasteiger partial charge in [-0.2, -0.15) is 0 Å². The van der Waals surface area contributed by atoms with E-state index in [0.29, 0.717) is 11.8 Å². The highest BCUT2D eigenvalue weighted by Crippen LogP contribution is 2.34. The van der Waals surface area contributed by atoms with Crippen molar-refractivity contribution >= 4 is 5.91 Å². The summed E-state index contributed by atoms with van der Waals surface area (Å²) in [6, 6.07) is 8.47. The number of nitrogens with one attached hydrogen (secondary N) is 1. The van der Waals surface area contributed by atoms with E-state index in [2.05, 4.69) is 12.2 Å². The molecule has 19 heavy (non-hydrogen) atoms. The maximum Gasteiger partial charge on any atom is 0.255 e. The van der Waals surface area contributed by atoms with Crippen molar-refractivity contribution in [1.82, 2.24) is 5.32 Å². The zero-order valence-corrected chi connectivity index (χ0v) is 11.4. The number of amides is 1. The summed E-state index contributed by atoms with van der Waals surface area (Å²) in [6.07, 6.45) is 3.92. The normalized spacial score (nSPS) is 21.1. The monoisotopic (exact) mass is 262 g/mol. The van der Waals surface area contributed by atoms with Crippen molar-refractivity contribution in [1.29, 1.82) is 0 Å². The molecule has 1 saturated carbocycles. The van der Waals surface area contributed by atoms with Crippen molar-refractivity contribution in [2.75, 3.05) is 6.61 Å². The summed E-state index contributed by atoms with van der Waals surface area (Å²) >= 11 is 0. The predicted molar refractivity (Wildman–Crippen MR) is 74.8 cm³/mol. The van der Waals surface area contributed by atoms with E-state index < -0.39 is 5.91 Å². The van der Waals surface area contributed by atoms with Crippen molar-refractivity contribution in [2.24, 2.45) is 11.7 Å². The average molecular weight is 262 g/mol. The Morgan fingerprint density at radius 3 is 2.79 bits per heavy atom. The zero-order chi connectivity index (χ0) is 13.7. The van der Waals surface area contributed by atoms with Gasteiger partial charge in [0.2, 0.25) is 0 Å². The molecule has 4 nitrogen and oxygen atoms in total. The molecule has 1 fully saturated rings. The number of hydrogen-bond acceptors (Lipinski definition) is 3. The minimum Gasteiger partial charge on any atom is -0.484 e. The van der Waals surface area contributed by atoms with Crippen LogP contribution in [0.15, 0.2) is 24.3 Å². The molecule has 1 aromatic carbocycles. The molecule has 104 valence electrons. The summed E-state index contributed by atoms with van der Waals surface area (Å²) in [6.45, 7) is 3.06. The lowest BCUT2D eigenvalue weighted by Crippen LogP contribution is -2.20. The van der Waals surface area contributed by atoms with Crippen LogP contribution in [-0.2, 0) is 11.3 Å². The number of ether oxygens (including phenoxy) is 1. The Hall–Kier alpha value is -1.55. The van der Waals surface area contributed by atoms with E-state index in [9.17, 15) is 4.79 Å². The van der Waals surface area contributed by atoms with Gasteiger partial charge in [0, 0.05) is 12.6 Å². The zero-order valence-electron chi connectivity index (χ0n) is 11.4. The number of carbonyl (C=O) groups excluding carboxylic acids is 1. The van der Waals surface area contributed by atoms with Gasteiger partial charge in [-0.3, -0.25) is 4.79 Å². The van der Waals surface area contributed by atoms with E-state index in [0.717, 1.165) is 12.5 Å². The van der Waals surface area contributed by atoms with Crippen LogP contribution in [-0.4, -0.2) is 18.6 Å². The van der Waals surface area contributed by atoms with Crippen LogP contribution >= 0.6 is 0 Å². The van der Waals surface area contributed by atoms with E-state index in [1.807, 2.05) is 24.3 Å². The Morgan fingerprint density at radius 2 is 2.16 bits per heavy atom. The van der Waals surface area contributed by atoms with E-state index in [1.165, 1.54) is 24.8 Å². The second kappa shape index (κ2) is 6.57. The van der Waals surface area contributed by atoms with E-state index in [4.69, 9.17) is 10.5 Å². The first-order valence-electron chi connectivity index (χ1n) is 6.92. The van der Waals surface area contributed by atoms with Crippen LogP contribution in [0.5, 0.6) is 5.75 Å². The lowest BCUT2D eigenvalue weighted by Gasteiger charge is -2.07. The third kappa shape index (κ3) is 4.56. The standard InChI is InChI=1S/C15H22N2O2/c1-2-3-12-8-14(12)17-9-11-4-6-13(7-5-11)19-10-15(16)18/h4-7,12,14,17H,2-3,8-10H2,1H3,(H2,16,18). The summed E-state index contributed by atoms with van der Waals surface area (Å²) in [5, 5.41) is 3.56. The fourth-order valence-electron chi connectivity index (χ4n) is 2.29. The predicted octanol–water partition coefficient (Wildman–Crippen LogP) is 1.83. The molecule has 0 radical (unpaired) electrons. The quantitative estimate of drug-likeness (QED) is 0.751. The van der Waals surface area contributed by atoms with Crippen LogP contribution in [0.2, 0.25) is 0 Å². The molecule has 1 aliphatic rings. The summed E-state index contributed by atoms with van der Waals surface area (Å²) in [5.41, 5.74) is 6.25. The van der Waals surface area contributed by atoms with Gasteiger partial charge >= 0.3 is 0 Å². The average Bonchev–Trinajstić information content (AvgIpc) is 3.14. The molecule has 0 heterocycles.